The van der Waals surface area contributed by atoms with Crippen molar-refractivity contribution in [1.29, 1.82) is 0 Å². The maximum Gasteiger partial charge on any atom is 0.225 e. The summed E-state index contributed by atoms with van der Waals surface area (Å²) in [5.41, 5.74) is 7.41. The zero-order valence-corrected chi connectivity index (χ0v) is 9.38. The van der Waals surface area contributed by atoms with Crippen molar-refractivity contribution in [3.05, 3.63) is 36.4 Å². The number of nitrogens with one attached hydrogen (secondary N) is 1. The number of hydroxylamine groups is 1. The first kappa shape index (κ1) is 12.3. The van der Waals surface area contributed by atoms with E-state index >= 15 is 0 Å². The van der Waals surface area contributed by atoms with Crippen LogP contribution in [0, 0.1) is 12.0 Å². The van der Waals surface area contributed by atoms with Crippen LogP contribution in [0.2, 0.25) is 0 Å². The summed E-state index contributed by atoms with van der Waals surface area (Å²) in [5, 5.41) is 0. The average molecular weight is 247 g/mol. The third-order valence-corrected chi connectivity index (χ3v) is 2.56. The van der Waals surface area contributed by atoms with Crippen LogP contribution >= 0.6 is 0 Å². The topological polar surface area (TPSA) is 98.5 Å². The minimum atomic E-state index is -0.807. The van der Waals surface area contributed by atoms with Crippen molar-refractivity contribution in [1.82, 2.24) is 5.48 Å². The first-order chi connectivity index (χ1) is 8.59. The molecule has 0 heterocycles. The number of Topliss-reactive ketones (excluding diaryl/α,β-unsaturated/α-hetero) is 2. The lowest BCUT2D eigenvalue weighted by Crippen LogP contribution is -2.55. The van der Waals surface area contributed by atoms with Gasteiger partial charge in [-0.2, -0.15) is 0 Å². The van der Waals surface area contributed by atoms with Crippen molar-refractivity contribution in [2.75, 3.05) is 0 Å². The van der Waals surface area contributed by atoms with Crippen LogP contribution in [0.25, 0.3) is 0 Å². The molecule has 1 amide bonds. The fraction of sp³-hybridized carbons (Fsp3) is 0.167. The SMILES string of the molecule is NC(=O)CC1[C](NOc2ccccc2)C(=O)C1=O. The van der Waals surface area contributed by atoms with Gasteiger partial charge in [-0.3, -0.25) is 14.4 Å². The van der Waals surface area contributed by atoms with E-state index in [1.807, 2.05) is 6.07 Å². The molecule has 2 rings (SSSR count). The van der Waals surface area contributed by atoms with Gasteiger partial charge >= 0.3 is 0 Å². The zero-order valence-electron chi connectivity index (χ0n) is 9.38. The molecule has 6 heteroatoms. The van der Waals surface area contributed by atoms with Crippen molar-refractivity contribution >= 4 is 17.5 Å². The summed E-state index contributed by atoms with van der Waals surface area (Å²) in [7, 11) is 0. The molecule has 1 radical (unpaired) electrons. The van der Waals surface area contributed by atoms with Crippen molar-refractivity contribution in [2.24, 2.45) is 11.7 Å². The molecule has 0 aliphatic heterocycles. The van der Waals surface area contributed by atoms with E-state index in [2.05, 4.69) is 5.48 Å². The van der Waals surface area contributed by atoms with Crippen LogP contribution in [0.1, 0.15) is 6.42 Å². The molecule has 0 aromatic heterocycles. The highest BCUT2D eigenvalue weighted by atomic mass is 16.6. The van der Waals surface area contributed by atoms with Crippen LogP contribution in [-0.2, 0) is 14.4 Å². The van der Waals surface area contributed by atoms with Gasteiger partial charge in [0.15, 0.2) is 6.04 Å². The molecule has 1 unspecified atom stereocenters. The second kappa shape index (κ2) is 4.97. The summed E-state index contributed by atoms with van der Waals surface area (Å²) in [6, 6.07) is 8.77. The van der Waals surface area contributed by atoms with Crippen molar-refractivity contribution in [2.45, 2.75) is 6.42 Å². The van der Waals surface area contributed by atoms with E-state index in [9.17, 15) is 14.4 Å². The van der Waals surface area contributed by atoms with E-state index in [0.29, 0.717) is 5.75 Å². The van der Waals surface area contributed by atoms with E-state index in [1.54, 1.807) is 24.3 Å². The van der Waals surface area contributed by atoms with E-state index in [4.69, 9.17) is 10.6 Å². The Bertz CT molecular complexity index is 486. The maximum absolute atomic E-state index is 11.3. The van der Waals surface area contributed by atoms with Gasteiger partial charge in [-0.1, -0.05) is 18.2 Å². The van der Waals surface area contributed by atoms with Crippen LogP contribution in [0.5, 0.6) is 5.75 Å². The number of primary amides is 1. The highest BCUT2D eigenvalue weighted by Gasteiger charge is 2.51. The van der Waals surface area contributed by atoms with E-state index in [0.717, 1.165) is 0 Å². The number of benzene rings is 1. The number of rotatable bonds is 5. The summed E-state index contributed by atoms with van der Waals surface area (Å²) in [6.07, 6.45) is -0.189. The summed E-state index contributed by atoms with van der Waals surface area (Å²) in [5.74, 6) is -2.24. The van der Waals surface area contributed by atoms with E-state index < -0.39 is 23.4 Å². The Morgan fingerprint density at radius 3 is 2.56 bits per heavy atom. The number of hydrogen-bond acceptors (Lipinski definition) is 5. The minimum Gasteiger partial charge on any atom is -0.408 e. The molecule has 1 aliphatic carbocycles. The first-order valence-corrected chi connectivity index (χ1v) is 5.31. The van der Waals surface area contributed by atoms with Gasteiger partial charge in [0.2, 0.25) is 17.5 Å². The molecule has 18 heavy (non-hydrogen) atoms. The molecule has 6 nitrogen and oxygen atoms in total. The third-order valence-electron chi connectivity index (χ3n) is 2.56. The second-order valence-corrected chi connectivity index (χ2v) is 3.85. The van der Waals surface area contributed by atoms with E-state index in [1.165, 1.54) is 0 Å². The fourth-order valence-electron chi connectivity index (χ4n) is 1.62. The van der Waals surface area contributed by atoms with Gasteiger partial charge in [0, 0.05) is 6.42 Å². The summed E-state index contributed by atoms with van der Waals surface area (Å²) >= 11 is 0. The molecular formula is C12H11N2O4. The number of amides is 1. The van der Waals surface area contributed by atoms with Crippen LogP contribution in [0.4, 0.5) is 0 Å². The monoisotopic (exact) mass is 247 g/mol. The lowest BCUT2D eigenvalue weighted by molar-refractivity contribution is -0.147. The van der Waals surface area contributed by atoms with E-state index in [-0.39, 0.29) is 12.5 Å². The fourth-order valence-corrected chi connectivity index (χ4v) is 1.62. The second-order valence-electron chi connectivity index (χ2n) is 3.85. The lowest BCUT2D eigenvalue weighted by Gasteiger charge is -2.31. The Balaban J connectivity index is 1.94. The quantitative estimate of drug-likeness (QED) is 0.552. The largest absolute Gasteiger partial charge is 0.408 e. The first-order valence-electron chi connectivity index (χ1n) is 5.31. The zero-order chi connectivity index (χ0) is 13.1. The third kappa shape index (κ3) is 2.38. The predicted octanol–water partition coefficient (Wildman–Crippen LogP) is -0.255. The predicted molar refractivity (Wildman–Crippen MR) is 60.8 cm³/mol. The number of carbonyl (C=O) groups excluding carboxylic acids is 3. The minimum absolute atomic E-state index is 0.0719. The number of hydrogen-bond donors (Lipinski definition) is 2. The van der Waals surface area contributed by atoms with Gasteiger partial charge in [-0.25, -0.2) is 0 Å². The highest BCUT2D eigenvalue weighted by Crippen LogP contribution is 2.29. The van der Waals surface area contributed by atoms with Gasteiger partial charge in [0.25, 0.3) is 0 Å². The number of carbonyl (C=O) groups is 3. The highest BCUT2D eigenvalue weighted by molar-refractivity contribution is 6.51. The van der Waals surface area contributed by atoms with Gasteiger partial charge in [-0.15, -0.1) is 5.48 Å². The Labute approximate surface area is 103 Å². The Morgan fingerprint density at radius 2 is 1.94 bits per heavy atom. The van der Waals surface area contributed by atoms with Crippen LogP contribution < -0.4 is 16.1 Å². The maximum atomic E-state index is 11.3. The molecule has 0 bridgehead atoms. The van der Waals surface area contributed by atoms with Crippen molar-refractivity contribution < 1.29 is 19.2 Å². The van der Waals surface area contributed by atoms with Gasteiger partial charge in [0.1, 0.15) is 5.75 Å². The van der Waals surface area contributed by atoms with Gasteiger partial charge in [-0.05, 0) is 12.1 Å². The molecule has 1 aromatic rings. The molecule has 1 aliphatic rings. The Morgan fingerprint density at radius 1 is 1.28 bits per heavy atom. The molecule has 93 valence electrons. The van der Waals surface area contributed by atoms with Crippen LogP contribution in [0.3, 0.4) is 0 Å². The Hall–Kier alpha value is -2.21. The van der Waals surface area contributed by atoms with Crippen molar-refractivity contribution in [3.63, 3.8) is 0 Å². The molecule has 1 fully saturated rings. The number of nitrogens with two attached hydrogens (primary N) is 1. The molecule has 1 saturated carbocycles. The molecule has 0 saturated heterocycles. The summed E-state index contributed by atoms with van der Waals surface area (Å²) in [6.45, 7) is 0. The number of para-hydroxylation sites is 1. The molecule has 1 atom stereocenters. The normalized spacial score (nSPS) is 19.4. The van der Waals surface area contributed by atoms with Crippen LogP contribution in [0.15, 0.2) is 30.3 Å². The summed E-state index contributed by atoms with van der Waals surface area (Å²) in [4.78, 5) is 38.4. The number of ketones is 2. The van der Waals surface area contributed by atoms with Crippen molar-refractivity contribution in [3.8, 4) is 5.75 Å². The molecule has 0 spiro atoms. The smallest absolute Gasteiger partial charge is 0.225 e. The molecule has 1 aromatic carbocycles. The standard InChI is InChI=1S/C12H11N2O4/c13-9(15)6-8-10(12(17)11(8)16)14-18-7-4-2-1-3-5-7/h1-5,8,14H,6H2,(H2,13,15). The summed E-state index contributed by atoms with van der Waals surface area (Å²) < 4.78 is 0. The van der Waals surface area contributed by atoms with Gasteiger partial charge in [0.05, 0.1) is 5.92 Å². The molecular weight excluding hydrogens is 236 g/mol. The van der Waals surface area contributed by atoms with Gasteiger partial charge < -0.3 is 10.6 Å². The average Bonchev–Trinajstić information content (AvgIpc) is 2.38. The molecule has 3 N–H and O–H groups in total. The van der Waals surface area contributed by atoms with Crippen LogP contribution in [-0.4, -0.2) is 17.5 Å². The lowest BCUT2D eigenvalue weighted by atomic mass is 9.75. The Kier molecular flexibility index (Phi) is 3.38.